The Bertz CT molecular complexity index is 2870. The summed E-state index contributed by atoms with van der Waals surface area (Å²) in [6, 6.07) is 35.4. The molecule has 4 rings (SSSR count). The second kappa shape index (κ2) is 90.4. The molecule has 0 aliphatic rings. The van der Waals surface area contributed by atoms with E-state index in [4.69, 9.17) is 27.6 Å². The van der Waals surface area contributed by atoms with Gasteiger partial charge < -0.3 is 27.6 Å². The first-order chi connectivity index (χ1) is 64.6. The van der Waals surface area contributed by atoms with Gasteiger partial charge in [0.15, 0.2) is 0 Å². The summed E-state index contributed by atoms with van der Waals surface area (Å²) in [5.41, 5.74) is 4.99. The lowest BCUT2D eigenvalue weighted by atomic mass is 9.78. The summed E-state index contributed by atoms with van der Waals surface area (Å²) in [5.74, 6) is 5.52. The average molecular weight is 1890 g/mol. The highest BCUT2D eigenvalue weighted by molar-refractivity contribution is 8.53. The molecule has 0 heterocycles. The summed E-state index contributed by atoms with van der Waals surface area (Å²) in [6.45, 7) is 15.0. The third-order valence-electron chi connectivity index (χ3n) is 27.3. The lowest BCUT2D eigenvalue weighted by Gasteiger charge is -2.27. The molecule has 0 bridgehead atoms. The van der Waals surface area contributed by atoms with Crippen LogP contribution in [0.15, 0.2) is 97.1 Å². The molecule has 0 aliphatic carbocycles. The minimum absolute atomic E-state index is 0.00814. The second-order valence-electron chi connectivity index (χ2n) is 40.0. The first-order valence-corrected chi connectivity index (χ1v) is 62.4. The van der Waals surface area contributed by atoms with Crippen molar-refractivity contribution in [3.8, 4) is 23.0 Å². The van der Waals surface area contributed by atoms with Gasteiger partial charge >= 0.3 is 27.1 Å². The van der Waals surface area contributed by atoms with E-state index in [2.05, 4.69) is 139 Å². The number of hydrogen-bond acceptors (Lipinski definition) is 10. The molecule has 752 valence electrons. The molecule has 2 unspecified atom stereocenters. The number of hydrogen-bond donors (Lipinski definition) is 0. The molecule has 0 spiro atoms. The van der Waals surface area contributed by atoms with Gasteiger partial charge in [-0.2, -0.15) is 0 Å². The van der Waals surface area contributed by atoms with Crippen molar-refractivity contribution in [3.63, 3.8) is 0 Å². The Hall–Kier alpha value is -3.42. The van der Waals surface area contributed by atoms with Crippen LogP contribution in [0.5, 0.6) is 23.0 Å². The molecule has 12 heteroatoms. The number of unbranched alkanes of at least 4 members (excludes halogenated alkanes) is 72. The van der Waals surface area contributed by atoms with Crippen molar-refractivity contribution >= 4 is 49.9 Å². The normalized spacial score (nSPS) is 12.1. The number of benzene rings is 4. The van der Waals surface area contributed by atoms with Crippen LogP contribution in [0.3, 0.4) is 0 Å². The van der Waals surface area contributed by atoms with Gasteiger partial charge in [0.1, 0.15) is 23.0 Å². The SMILES string of the molecule is CCCCCCCCCCCCCCCOC(=O)CCCCCCCCCCCCCCCSP(Oc1ccc(CCCCCCCCCCCCCCC)cc1)Oc1ccc(C(C)(C)c2ccc(OP(Oc3ccc(CCCCCCCCCCCCCCC)cc3)SCCCCCCCCCCCCCCCC(=O)OCCCCCCCCCCCCCCC)cc2)cc1. The highest BCUT2D eigenvalue weighted by Crippen LogP contribution is 2.54. The van der Waals surface area contributed by atoms with Gasteiger partial charge in [0.05, 0.1) is 13.2 Å². The van der Waals surface area contributed by atoms with Crippen LogP contribution in [-0.2, 0) is 37.3 Å². The van der Waals surface area contributed by atoms with Crippen molar-refractivity contribution in [1.82, 2.24) is 0 Å². The maximum Gasteiger partial charge on any atom is 0.360 e. The lowest BCUT2D eigenvalue weighted by molar-refractivity contribution is -0.144. The third-order valence-corrected chi connectivity index (χ3v) is 33.4. The molecule has 4 aromatic rings. The van der Waals surface area contributed by atoms with Crippen LogP contribution in [0, 0.1) is 0 Å². The largest absolute Gasteiger partial charge is 0.466 e. The molecule has 0 radical (unpaired) electrons. The highest BCUT2D eigenvalue weighted by atomic mass is 32.7. The molecule has 0 saturated carbocycles. The molecular weight excluding hydrogens is 1680 g/mol. The van der Waals surface area contributed by atoms with Gasteiger partial charge in [-0.25, -0.2) is 0 Å². The molecule has 0 N–H and O–H groups in total. The number of ether oxygens (including phenoxy) is 2. The average Bonchev–Trinajstić information content (AvgIpc) is 0.795. The molecule has 2 atom stereocenters. The van der Waals surface area contributed by atoms with Gasteiger partial charge in [-0.15, -0.1) is 0 Å². The van der Waals surface area contributed by atoms with Gasteiger partial charge in [-0.3, -0.25) is 9.59 Å². The molecule has 131 heavy (non-hydrogen) atoms. The van der Waals surface area contributed by atoms with E-state index in [1.807, 2.05) is 22.8 Å². The Balaban J connectivity index is 1.20. The molecule has 0 saturated heterocycles. The van der Waals surface area contributed by atoms with Crippen molar-refractivity contribution in [1.29, 1.82) is 0 Å². The summed E-state index contributed by atoms with van der Waals surface area (Å²) in [7, 11) is -2.55. The smallest absolute Gasteiger partial charge is 0.360 e. The minimum atomic E-state index is -1.28. The van der Waals surface area contributed by atoms with E-state index in [1.165, 1.54) is 472 Å². The standard InChI is InChI=1S/C119H206O8P2S2/c1-7-11-15-19-23-27-31-37-45-53-61-69-77-85-109-89-97-113(98-90-109)124-128(130-107-83-75-67-59-51-43-35-39-47-55-63-71-79-87-117(120)122-105-81-73-65-57-49-41-33-29-25-21-17-13-9-3)126-115-101-93-111(94-102-115)119(5,6)112-95-103-116(104-96-112)127-129(125-114-99-91-110(92-100-114)86-78-70-62-54-46-38-32-28-24-20-16-12-8-2)131-108-84-76-68-60-52-44-36-40-48-56-64-72-80-88-118(121)123-106-82-74-66-58-50-42-34-30-26-22-18-14-10-4/h89-104H,7-88,105-108H2,1-6H3. The maximum atomic E-state index is 12.3. The Kier molecular flexibility index (Phi) is 82.8. The number of esters is 2. The van der Waals surface area contributed by atoms with Gasteiger partial charge in [0.2, 0.25) is 0 Å². The molecule has 0 aromatic heterocycles. The zero-order valence-corrected chi connectivity index (χ0v) is 89.9. The fourth-order valence-electron chi connectivity index (χ4n) is 18.3. The van der Waals surface area contributed by atoms with E-state index in [1.54, 1.807) is 0 Å². The van der Waals surface area contributed by atoms with Gasteiger partial charge in [-0.1, -0.05) is 540 Å². The van der Waals surface area contributed by atoms with Crippen molar-refractivity contribution in [3.05, 3.63) is 119 Å². The van der Waals surface area contributed by atoms with Crippen LogP contribution in [0.1, 0.15) is 577 Å². The van der Waals surface area contributed by atoms with Crippen molar-refractivity contribution in [2.75, 3.05) is 24.7 Å². The van der Waals surface area contributed by atoms with Crippen LogP contribution < -0.4 is 18.1 Å². The van der Waals surface area contributed by atoms with E-state index < -0.39 is 15.2 Å². The molecule has 4 aromatic carbocycles. The van der Waals surface area contributed by atoms with Gasteiger partial charge in [0, 0.05) is 29.8 Å². The number of rotatable bonds is 100. The zero-order valence-electron chi connectivity index (χ0n) is 86.5. The summed E-state index contributed by atoms with van der Waals surface area (Å²) >= 11 is 3.69. The van der Waals surface area contributed by atoms with E-state index in [9.17, 15) is 9.59 Å². The van der Waals surface area contributed by atoms with E-state index >= 15 is 0 Å². The van der Waals surface area contributed by atoms with Gasteiger partial charge in [-0.05, 0) is 158 Å². The molecule has 0 fully saturated rings. The summed E-state index contributed by atoms with van der Waals surface area (Å²) in [6.07, 6.45) is 107. The Morgan fingerprint density at radius 1 is 0.221 bits per heavy atom. The Labute approximate surface area is 821 Å². The monoisotopic (exact) mass is 1890 g/mol. The van der Waals surface area contributed by atoms with Crippen LogP contribution in [0.25, 0.3) is 0 Å². The molecule has 8 nitrogen and oxygen atoms in total. The van der Waals surface area contributed by atoms with E-state index in [0.717, 1.165) is 98.7 Å². The Morgan fingerprint density at radius 2 is 0.397 bits per heavy atom. The van der Waals surface area contributed by atoms with Gasteiger partial charge in [0.25, 0.3) is 0 Å². The first kappa shape index (κ1) is 120. The molecule has 0 aliphatic heterocycles. The summed E-state index contributed by atoms with van der Waals surface area (Å²) in [5, 5.41) is 0. The van der Waals surface area contributed by atoms with Crippen LogP contribution in [0.2, 0.25) is 0 Å². The second-order valence-corrected chi connectivity index (χ2v) is 46.3. The zero-order chi connectivity index (χ0) is 93.2. The van der Waals surface area contributed by atoms with Crippen molar-refractivity contribution in [2.45, 2.75) is 573 Å². The van der Waals surface area contributed by atoms with E-state index in [0.29, 0.717) is 26.1 Å². The fourth-order valence-corrected chi connectivity index (χ4v) is 24.1. The molecular formula is C119H206O8P2S2. The van der Waals surface area contributed by atoms with Crippen LogP contribution >= 0.6 is 37.9 Å². The highest BCUT2D eigenvalue weighted by Gasteiger charge is 2.26. The predicted octanol–water partition coefficient (Wildman–Crippen LogP) is 42.3. The van der Waals surface area contributed by atoms with Crippen LogP contribution in [-0.4, -0.2) is 36.7 Å². The lowest BCUT2D eigenvalue weighted by Crippen LogP contribution is -2.18. The summed E-state index contributed by atoms with van der Waals surface area (Å²) in [4.78, 5) is 24.7. The number of carbonyl (C=O) groups is 2. The fraction of sp³-hybridized carbons (Fsp3) is 0.782. The number of carbonyl (C=O) groups excluding carboxylic acids is 2. The minimum Gasteiger partial charge on any atom is -0.466 e. The quantitative estimate of drug-likeness (QED) is 0.0242. The topological polar surface area (TPSA) is 89.5 Å². The predicted molar refractivity (Wildman–Crippen MR) is 581 cm³/mol. The first-order valence-electron chi connectivity index (χ1n) is 56.9. The van der Waals surface area contributed by atoms with E-state index in [-0.39, 0.29) is 17.4 Å². The van der Waals surface area contributed by atoms with Crippen molar-refractivity contribution < 1.29 is 37.2 Å². The Morgan fingerprint density at radius 3 is 0.611 bits per heavy atom. The number of aryl methyl sites for hydroxylation is 2. The molecule has 0 amide bonds. The summed E-state index contributed by atoms with van der Waals surface area (Å²) < 4.78 is 38.4. The van der Waals surface area contributed by atoms with Crippen LogP contribution in [0.4, 0.5) is 0 Å². The third kappa shape index (κ3) is 72.5. The van der Waals surface area contributed by atoms with Crippen molar-refractivity contribution in [2.24, 2.45) is 0 Å². The maximum absolute atomic E-state index is 12.3.